The van der Waals surface area contributed by atoms with Crippen LogP contribution in [0.5, 0.6) is 0 Å². The Bertz CT molecular complexity index is 1080. The van der Waals surface area contributed by atoms with E-state index in [0.29, 0.717) is 25.4 Å². The molecule has 3 aliphatic heterocycles. The second kappa shape index (κ2) is 12.0. The summed E-state index contributed by atoms with van der Waals surface area (Å²) in [6.07, 6.45) is 6.68. The standard InChI is InChI=1S/C29H39N5O3/c35-28(26-14-18-34(26)20-21-5-2-1-3-6-21)32-25(29(36)37)13-17-33-16-12-22(19-33)8-10-24-11-9-23-7-4-15-30-27(23)31-24/h1-3,5-6,9,11,22,25-26H,4,7-8,10,12-20H2,(H,30,31)(H,32,35)(H,36,37). The first-order chi connectivity index (χ1) is 18.0. The highest BCUT2D eigenvalue weighted by Crippen LogP contribution is 2.25. The normalized spacial score (nSPS) is 22.5. The van der Waals surface area contributed by atoms with Crippen LogP contribution < -0.4 is 10.6 Å². The largest absolute Gasteiger partial charge is 0.480 e. The molecule has 1 aromatic carbocycles. The molecule has 2 saturated heterocycles. The number of carboxylic acids is 1. The van der Waals surface area contributed by atoms with E-state index in [-0.39, 0.29) is 11.9 Å². The number of carbonyl (C=O) groups is 2. The Labute approximate surface area is 219 Å². The smallest absolute Gasteiger partial charge is 0.326 e. The van der Waals surface area contributed by atoms with Gasteiger partial charge in [0.05, 0.1) is 6.04 Å². The number of nitrogens with zero attached hydrogens (tertiary/aromatic N) is 3. The second-order valence-electron chi connectivity index (χ2n) is 10.8. The summed E-state index contributed by atoms with van der Waals surface area (Å²) in [4.78, 5) is 34.0. The number of likely N-dealkylation sites (tertiary alicyclic amines) is 2. The number of nitrogens with one attached hydrogen (secondary N) is 2. The van der Waals surface area contributed by atoms with Crippen molar-refractivity contribution >= 4 is 17.7 Å². The summed E-state index contributed by atoms with van der Waals surface area (Å²) in [6.45, 7) is 5.23. The van der Waals surface area contributed by atoms with E-state index < -0.39 is 12.0 Å². The quantitative estimate of drug-likeness (QED) is 0.432. The number of fused-ring (bicyclic) bond motifs is 1. The van der Waals surface area contributed by atoms with Gasteiger partial charge in [-0.15, -0.1) is 0 Å². The van der Waals surface area contributed by atoms with Gasteiger partial charge in [-0.2, -0.15) is 0 Å². The van der Waals surface area contributed by atoms with Crippen molar-refractivity contribution < 1.29 is 14.7 Å². The van der Waals surface area contributed by atoms with Gasteiger partial charge in [-0.05, 0) is 74.6 Å². The van der Waals surface area contributed by atoms with E-state index in [0.717, 1.165) is 75.4 Å². The molecular formula is C29H39N5O3. The Morgan fingerprint density at radius 2 is 2.00 bits per heavy atom. The molecule has 0 aliphatic carbocycles. The number of rotatable bonds is 11. The van der Waals surface area contributed by atoms with Crippen LogP contribution in [0, 0.1) is 5.92 Å². The molecule has 198 valence electrons. The van der Waals surface area contributed by atoms with Gasteiger partial charge in [-0.3, -0.25) is 9.69 Å². The van der Waals surface area contributed by atoms with E-state index in [1.54, 1.807) is 0 Å². The van der Waals surface area contributed by atoms with Gasteiger partial charge in [0.15, 0.2) is 0 Å². The summed E-state index contributed by atoms with van der Waals surface area (Å²) in [6, 6.07) is 13.4. The Morgan fingerprint density at radius 3 is 2.78 bits per heavy atom. The van der Waals surface area contributed by atoms with Gasteiger partial charge >= 0.3 is 5.97 Å². The maximum atomic E-state index is 12.9. The van der Waals surface area contributed by atoms with E-state index in [4.69, 9.17) is 4.98 Å². The number of aliphatic carboxylic acids is 1. The molecule has 5 rings (SSSR count). The molecule has 3 atom stereocenters. The Hall–Kier alpha value is -2.97. The fraction of sp³-hybridized carbons (Fsp3) is 0.552. The lowest BCUT2D eigenvalue weighted by molar-refractivity contribution is -0.144. The number of amides is 1. The summed E-state index contributed by atoms with van der Waals surface area (Å²) < 4.78 is 0. The highest BCUT2D eigenvalue weighted by atomic mass is 16.4. The minimum atomic E-state index is -0.954. The van der Waals surface area contributed by atoms with Gasteiger partial charge in [0.25, 0.3) is 0 Å². The first-order valence-corrected chi connectivity index (χ1v) is 13.8. The topological polar surface area (TPSA) is 97.8 Å². The van der Waals surface area contributed by atoms with Crippen LogP contribution in [0.3, 0.4) is 0 Å². The molecule has 8 nitrogen and oxygen atoms in total. The summed E-state index contributed by atoms with van der Waals surface area (Å²) in [5.74, 6) is 0.542. The minimum Gasteiger partial charge on any atom is -0.480 e. The number of aryl methyl sites for hydroxylation is 2. The van der Waals surface area contributed by atoms with Crippen molar-refractivity contribution in [2.45, 2.75) is 63.6 Å². The van der Waals surface area contributed by atoms with Crippen molar-refractivity contribution in [3.05, 3.63) is 59.3 Å². The van der Waals surface area contributed by atoms with E-state index in [1.807, 2.05) is 18.2 Å². The van der Waals surface area contributed by atoms with Crippen LogP contribution >= 0.6 is 0 Å². The summed E-state index contributed by atoms with van der Waals surface area (Å²) in [7, 11) is 0. The molecule has 0 spiro atoms. The fourth-order valence-electron chi connectivity index (χ4n) is 5.79. The maximum Gasteiger partial charge on any atom is 0.326 e. The number of carboxylic acid groups (broad SMARTS) is 1. The van der Waals surface area contributed by atoms with Crippen molar-refractivity contribution in [3.63, 3.8) is 0 Å². The van der Waals surface area contributed by atoms with Crippen LogP contribution in [0.2, 0.25) is 0 Å². The molecular weight excluding hydrogens is 466 g/mol. The van der Waals surface area contributed by atoms with Crippen LogP contribution in [-0.2, 0) is 29.0 Å². The highest BCUT2D eigenvalue weighted by Gasteiger charge is 2.36. The first-order valence-electron chi connectivity index (χ1n) is 13.8. The first kappa shape index (κ1) is 25.7. The highest BCUT2D eigenvalue weighted by molar-refractivity contribution is 5.87. The molecule has 0 radical (unpaired) electrons. The number of hydrogen-bond acceptors (Lipinski definition) is 6. The molecule has 37 heavy (non-hydrogen) atoms. The summed E-state index contributed by atoms with van der Waals surface area (Å²) in [5, 5.41) is 16.0. The van der Waals surface area contributed by atoms with Crippen LogP contribution in [0.1, 0.15) is 48.9 Å². The van der Waals surface area contributed by atoms with E-state index >= 15 is 0 Å². The van der Waals surface area contributed by atoms with E-state index in [9.17, 15) is 14.7 Å². The fourth-order valence-corrected chi connectivity index (χ4v) is 5.79. The van der Waals surface area contributed by atoms with Gasteiger partial charge < -0.3 is 20.6 Å². The Morgan fingerprint density at radius 1 is 1.14 bits per heavy atom. The lowest BCUT2D eigenvalue weighted by atomic mass is 10.00. The van der Waals surface area contributed by atoms with Gasteiger partial charge in [0, 0.05) is 38.4 Å². The van der Waals surface area contributed by atoms with Crippen LogP contribution in [0.4, 0.5) is 5.82 Å². The third-order valence-electron chi connectivity index (χ3n) is 8.14. The minimum absolute atomic E-state index is 0.166. The Balaban J connectivity index is 1.04. The lowest BCUT2D eigenvalue weighted by Crippen LogP contribution is -2.58. The molecule has 8 heteroatoms. The molecule has 4 heterocycles. The van der Waals surface area contributed by atoms with Crippen molar-refractivity contribution in [1.82, 2.24) is 20.1 Å². The molecule has 0 bridgehead atoms. The number of benzene rings is 1. The monoisotopic (exact) mass is 505 g/mol. The molecule has 3 N–H and O–H groups in total. The van der Waals surface area contributed by atoms with Crippen LogP contribution in [0.15, 0.2) is 42.5 Å². The molecule has 0 saturated carbocycles. The Kier molecular flexibility index (Phi) is 8.36. The zero-order valence-electron chi connectivity index (χ0n) is 21.6. The number of aromatic nitrogens is 1. The average molecular weight is 506 g/mol. The van der Waals surface area contributed by atoms with E-state index in [1.165, 1.54) is 12.0 Å². The zero-order valence-corrected chi connectivity index (χ0v) is 21.6. The number of hydrogen-bond donors (Lipinski definition) is 3. The molecule has 1 amide bonds. The third kappa shape index (κ3) is 6.67. The molecule has 2 aromatic rings. The summed E-state index contributed by atoms with van der Waals surface area (Å²) >= 11 is 0. The van der Waals surface area contributed by atoms with E-state index in [2.05, 4.69) is 44.7 Å². The van der Waals surface area contributed by atoms with Crippen molar-refractivity contribution in [2.75, 3.05) is 38.0 Å². The molecule has 2 fully saturated rings. The van der Waals surface area contributed by atoms with Gasteiger partial charge in [0.2, 0.25) is 5.91 Å². The predicted octanol–water partition coefficient (Wildman–Crippen LogP) is 2.93. The third-order valence-corrected chi connectivity index (χ3v) is 8.14. The lowest BCUT2D eigenvalue weighted by Gasteiger charge is -2.40. The maximum absolute atomic E-state index is 12.9. The SMILES string of the molecule is O=C(O)C(CCN1CCC(CCc2ccc3c(n2)NCCC3)C1)NC(=O)C1CCN1Cc1ccccc1. The predicted molar refractivity (Wildman–Crippen MR) is 143 cm³/mol. The number of pyridine rings is 1. The molecule has 1 aromatic heterocycles. The van der Waals surface area contributed by atoms with Gasteiger partial charge in [-0.25, -0.2) is 9.78 Å². The summed E-state index contributed by atoms with van der Waals surface area (Å²) in [5.41, 5.74) is 3.64. The average Bonchev–Trinajstić information content (AvgIpc) is 3.36. The van der Waals surface area contributed by atoms with Gasteiger partial charge in [0.1, 0.15) is 11.9 Å². The molecule has 3 aliphatic rings. The van der Waals surface area contributed by atoms with Crippen molar-refractivity contribution in [1.29, 1.82) is 0 Å². The second-order valence-corrected chi connectivity index (χ2v) is 10.8. The molecule has 3 unspecified atom stereocenters. The van der Waals surface area contributed by atoms with Crippen LogP contribution in [0.25, 0.3) is 0 Å². The van der Waals surface area contributed by atoms with Gasteiger partial charge in [-0.1, -0.05) is 36.4 Å². The zero-order chi connectivity index (χ0) is 25.6. The number of anilines is 1. The van der Waals surface area contributed by atoms with Crippen LogP contribution in [-0.4, -0.2) is 76.6 Å². The van der Waals surface area contributed by atoms with Crippen molar-refractivity contribution in [3.8, 4) is 0 Å². The van der Waals surface area contributed by atoms with Crippen molar-refractivity contribution in [2.24, 2.45) is 5.92 Å². The number of carbonyl (C=O) groups excluding carboxylic acids is 1.